The lowest BCUT2D eigenvalue weighted by atomic mass is 9.91. The lowest BCUT2D eigenvalue weighted by Crippen LogP contribution is -2.49. The highest BCUT2D eigenvalue weighted by atomic mass is 19.1. The van der Waals surface area contributed by atoms with Crippen LogP contribution in [-0.2, 0) is 0 Å². The van der Waals surface area contributed by atoms with Gasteiger partial charge < -0.3 is 11.1 Å². The maximum absolute atomic E-state index is 13.6. The van der Waals surface area contributed by atoms with Crippen LogP contribution in [0.5, 0.6) is 0 Å². The summed E-state index contributed by atoms with van der Waals surface area (Å²) in [7, 11) is 0. The van der Waals surface area contributed by atoms with Crippen LogP contribution < -0.4 is 11.1 Å². The van der Waals surface area contributed by atoms with Gasteiger partial charge in [0.15, 0.2) is 0 Å². The summed E-state index contributed by atoms with van der Waals surface area (Å²) < 4.78 is 13.6. The van der Waals surface area contributed by atoms with Crippen LogP contribution in [0.2, 0.25) is 0 Å². The Labute approximate surface area is 107 Å². The average molecular weight is 250 g/mol. The minimum atomic E-state index is -0.484. The molecule has 1 amide bonds. The summed E-state index contributed by atoms with van der Waals surface area (Å²) in [5.41, 5.74) is 6.94. The lowest BCUT2D eigenvalue weighted by Gasteiger charge is -2.29. The zero-order valence-electron chi connectivity index (χ0n) is 10.6. The Morgan fingerprint density at radius 1 is 1.39 bits per heavy atom. The molecular formula is C14H19FN2O. The molecule has 1 aliphatic carbocycles. The van der Waals surface area contributed by atoms with Crippen molar-refractivity contribution in [1.82, 2.24) is 5.32 Å². The van der Waals surface area contributed by atoms with Gasteiger partial charge in [0.2, 0.25) is 0 Å². The molecule has 0 saturated heterocycles. The van der Waals surface area contributed by atoms with Crippen molar-refractivity contribution < 1.29 is 9.18 Å². The maximum atomic E-state index is 13.6. The van der Waals surface area contributed by atoms with E-state index in [0.717, 1.165) is 31.2 Å². The molecule has 3 N–H and O–H groups in total. The van der Waals surface area contributed by atoms with Crippen molar-refractivity contribution >= 4 is 5.91 Å². The number of halogens is 1. The first kappa shape index (κ1) is 13.0. The molecule has 18 heavy (non-hydrogen) atoms. The first-order valence-corrected chi connectivity index (χ1v) is 6.40. The van der Waals surface area contributed by atoms with Crippen molar-refractivity contribution in [3.8, 4) is 0 Å². The van der Waals surface area contributed by atoms with E-state index in [1.54, 1.807) is 12.1 Å². The first-order chi connectivity index (χ1) is 8.58. The van der Waals surface area contributed by atoms with Gasteiger partial charge in [-0.15, -0.1) is 0 Å². The van der Waals surface area contributed by atoms with E-state index in [1.807, 2.05) is 6.92 Å². The van der Waals surface area contributed by atoms with Crippen molar-refractivity contribution in [2.45, 2.75) is 44.7 Å². The van der Waals surface area contributed by atoms with Crippen LogP contribution in [0.25, 0.3) is 0 Å². The fourth-order valence-corrected chi connectivity index (χ4v) is 2.40. The molecular weight excluding hydrogens is 231 g/mol. The van der Waals surface area contributed by atoms with E-state index in [4.69, 9.17) is 5.73 Å². The molecule has 0 aromatic heterocycles. The number of nitrogens with two attached hydrogens (primary N) is 1. The summed E-state index contributed by atoms with van der Waals surface area (Å²) in [6.45, 7) is 1.84. The normalized spacial score (nSPS) is 23.7. The summed E-state index contributed by atoms with van der Waals surface area (Å²) in [5.74, 6) is -0.846. The molecule has 1 aliphatic rings. The van der Waals surface area contributed by atoms with Crippen LogP contribution in [0.4, 0.5) is 4.39 Å². The van der Waals surface area contributed by atoms with Gasteiger partial charge in [-0.3, -0.25) is 4.79 Å². The zero-order chi connectivity index (χ0) is 13.1. The summed E-state index contributed by atoms with van der Waals surface area (Å²) in [5, 5.41) is 2.85. The number of carbonyl (C=O) groups is 1. The summed E-state index contributed by atoms with van der Waals surface area (Å²) in [4.78, 5) is 12.0. The molecule has 0 unspecified atom stereocenters. The molecule has 0 bridgehead atoms. The van der Waals surface area contributed by atoms with Gasteiger partial charge in [-0.2, -0.15) is 0 Å². The average Bonchev–Trinajstić information content (AvgIpc) is 2.35. The van der Waals surface area contributed by atoms with Crippen molar-refractivity contribution in [2.75, 3.05) is 0 Å². The Hall–Kier alpha value is -1.42. The first-order valence-electron chi connectivity index (χ1n) is 6.40. The quantitative estimate of drug-likeness (QED) is 0.845. The number of benzene rings is 1. The van der Waals surface area contributed by atoms with Gasteiger partial charge >= 0.3 is 0 Å². The minimum absolute atomic E-state index is 0.0180. The van der Waals surface area contributed by atoms with E-state index in [0.29, 0.717) is 0 Å². The number of hydrogen-bond acceptors (Lipinski definition) is 2. The van der Waals surface area contributed by atoms with Gasteiger partial charge in [0.1, 0.15) is 5.82 Å². The summed E-state index contributed by atoms with van der Waals surface area (Å²) in [6.07, 6.45) is 3.96. The third kappa shape index (κ3) is 2.88. The Balaban J connectivity index is 2.09. The SMILES string of the molecule is Cc1ccc(F)c(C(=O)N[C@@H]2CCCC[C@H]2N)c1. The molecule has 3 nitrogen and oxygen atoms in total. The maximum Gasteiger partial charge on any atom is 0.254 e. The highest BCUT2D eigenvalue weighted by Gasteiger charge is 2.24. The van der Waals surface area contributed by atoms with Crippen LogP contribution >= 0.6 is 0 Å². The molecule has 1 fully saturated rings. The smallest absolute Gasteiger partial charge is 0.254 e. The van der Waals surface area contributed by atoms with Crippen molar-refractivity contribution in [3.05, 3.63) is 35.1 Å². The number of hydrogen-bond donors (Lipinski definition) is 2. The van der Waals surface area contributed by atoms with Gasteiger partial charge in [-0.25, -0.2) is 4.39 Å². The molecule has 2 rings (SSSR count). The number of rotatable bonds is 2. The fourth-order valence-electron chi connectivity index (χ4n) is 2.40. The molecule has 0 heterocycles. The van der Waals surface area contributed by atoms with Gasteiger partial charge in [0.05, 0.1) is 5.56 Å². The molecule has 4 heteroatoms. The highest BCUT2D eigenvalue weighted by molar-refractivity contribution is 5.94. The second-order valence-corrected chi connectivity index (χ2v) is 5.01. The Kier molecular flexibility index (Phi) is 3.97. The highest BCUT2D eigenvalue weighted by Crippen LogP contribution is 2.18. The molecule has 0 radical (unpaired) electrons. The van der Waals surface area contributed by atoms with Crippen molar-refractivity contribution in [3.63, 3.8) is 0 Å². The molecule has 0 spiro atoms. The largest absolute Gasteiger partial charge is 0.348 e. The number of aryl methyl sites for hydroxylation is 1. The third-order valence-corrected chi connectivity index (χ3v) is 3.50. The monoisotopic (exact) mass is 250 g/mol. The predicted molar refractivity (Wildman–Crippen MR) is 68.8 cm³/mol. The summed E-state index contributed by atoms with van der Waals surface area (Å²) >= 11 is 0. The zero-order valence-corrected chi connectivity index (χ0v) is 10.6. The number of amides is 1. The van der Waals surface area contributed by atoms with E-state index in [1.165, 1.54) is 6.07 Å². The Morgan fingerprint density at radius 2 is 2.11 bits per heavy atom. The predicted octanol–water partition coefficient (Wildman–Crippen LogP) is 2.13. The van der Waals surface area contributed by atoms with E-state index in [9.17, 15) is 9.18 Å². The van der Waals surface area contributed by atoms with Gasteiger partial charge in [0.25, 0.3) is 5.91 Å². The molecule has 2 atom stereocenters. The molecule has 1 aromatic rings. The standard InChI is InChI=1S/C14H19FN2O/c1-9-6-7-11(15)10(8-9)14(18)17-13-5-3-2-4-12(13)16/h6-8,12-13H,2-5,16H2,1H3,(H,17,18)/t12-,13-/m1/s1. The Bertz CT molecular complexity index is 447. The lowest BCUT2D eigenvalue weighted by molar-refractivity contribution is 0.0917. The van der Waals surface area contributed by atoms with E-state index >= 15 is 0 Å². The second kappa shape index (κ2) is 5.48. The number of nitrogens with one attached hydrogen (secondary N) is 1. The second-order valence-electron chi connectivity index (χ2n) is 5.01. The van der Waals surface area contributed by atoms with Crippen LogP contribution in [0, 0.1) is 12.7 Å². The number of carbonyl (C=O) groups excluding carboxylic acids is 1. The van der Waals surface area contributed by atoms with Gasteiger partial charge in [0, 0.05) is 12.1 Å². The van der Waals surface area contributed by atoms with Crippen LogP contribution in [-0.4, -0.2) is 18.0 Å². The summed E-state index contributed by atoms with van der Waals surface area (Å²) in [6, 6.07) is 4.49. The topological polar surface area (TPSA) is 55.1 Å². The van der Waals surface area contributed by atoms with Crippen LogP contribution in [0.15, 0.2) is 18.2 Å². The van der Waals surface area contributed by atoms with E-state index < -0.39 is 5.82 Å². The molecule has 98 valence electrons. The van der Waals surface area contributed by atoms with Crippen molar-refractivity contribution in [1.29, 1.82) is 0 Å². The third-order valence-electron chi connectivity index (χ3n) is 3.50. The Morgan fingerprint density at radius 3 is 2.83 bits per heavy atom. The minimum Gasteiger partial charge on any atom is -0.348 e. The fraction of sp³-hybridized carbons (Fsp3) is 0.500. The molecule has 0 aliphatic heterocycles. The van der Waals surface area contributed by atoms with Crippen LogP contribution in [0.1, 0.15) is 41.6 Å². The van der Waals surface area contributed by atoms with Gasteiger partial charge in [-0.1, -0.05) is 24.5 Å². The van der Waals surface area contributed by atoms with Crippen LogP contribution in [0.3, 0.4) is 0 Å². The van der Waals surface area contributed by atoms with Gasteiger partial charge in [-0.05, 0) is 31.9 Å². The van der Waals surface area contributed by atoms with E-state index in [2.05, 4.69) is 5.32 Å². The molecule has 1 saturated carbocycles. The molecule has 1 aromatic carbocycles. The van der Waals surface area contributed by atoms with E-state index in [-0.39, 0.29) is 23.6 Å². The van der Waals surface area contributed by atoms with Crippen molar-refractivity contribution in [2.24, 2.45) is 5.73 Å².